The van der Waals surface area contributed by atoms with Gasteiger partial charge >= 0.3 is 0 Å². The minimum Gasteiger partial charge on any atom is -0.508 e. The zero-order valence-corrected chi connectivity index (χ0v) is 13.5. The Morgan fingerprint density at radius 3 is 2.95 bits per heavy atom. The summed E-state index contributed by atoms with van der Waals surface area (Å²) in [6, 6.07) is 6.33. The van der Waals surface area contributed by atoms with Crippen molar-refractivity contribution in [3.63, 3.8) is 0 Å². The van der Waals surface area contributed by atoms with Gasteiger partial charge in [0.05, 0.1) is 0 Å². The topological polar surface area (TPSA) is 48.0 Å². The number of hydrogen-bond acceptors (Lipinski definition) is 2. The molecule has 2 aliphatic rings. The second kappa shape index (κ2) is 5.31. The Bertz CT molecular complexity index is 690. The first kappa shape index (κ1) is 14.1. The van der Waals surface area contributed by atoms with Crippen molar-refractivity contribution in [3.8, 4) is 5.75 Å². The maximum Gasteiger partial charge on any atom is 0.116 e. The highest BCUT2D eigenvalue weighted by atomic mass is 16.3. The lowest BCUT2D eigenvalue weighted by molar-refractivity contribution is 0.182. The summed E-state index contributed by atoms with van der Waals surface area (Å²) in [5.41, 5.74) is 4.03. The van der Waals surface area contributed by atoms with Crippen molar-refractivity contribution in [1.82, 2.24) is 10.3 Å². The van der Waals surface area contributed by atoms with Crippen LogP contribution >= 0.6 is 0 Å². The van der Waals surface area contributed by atoms with Crippen molar-refractivity contribution in [1.29, 1.82) is 0 Å². The van der Waals surface area contributed by atoms with Crippen LogP contribution in [0.1, 0.15) is 50.3 Å². The number of hydrogen-bond donors (Lipinski definition) is 3. The second-order valence-electron chi connectivity index (χ2n) is 7.33. The molecule has 4 atom stereocenters. The molecule has 0 saturated heterocycles. The Hall–Kier alpha value is -1.48. The molecule has 0 spiro atoms. The van der Waals surface area contributed by atoms with Crippen LogP contribution in [-0.2, 0) is 6.42 Å². The zero-order valence-electron chi connectivity index (χ0n) is 13.5. The van der Waals surface area contributed by atoms with E-state index in [1.54, 1.807) is 6.07 Å². The van der Waals surface area contributed by atoms with Crippen LogP contribution in [0.2, 0.25) is 0 Å². The summed E-state index contributed by atoms with van der Waals surface area (Å²) in [6.45, 7) is 5.77. The van der Waals surface area contributed by atoms with Gasteiger partial charge in [-0.3, -0.25) is 0 Å². The maximum absolute atomic E-state index is 9.85. The molecule has 3 N–H and O–H groups in total. The Morgan fingerprint density at radius 2 is 2.14 bits per heavy atom. The van der Waals surface area contributed by atoms with Crippen molar-refractivity contribution in [2.24, 2.45) is 11.8 Å². The molecule has 3 nitrogen and oxygen atoms in total. The number of benzene rings is 1. The van der Waals surface area contributed by atoms with Crippen LogP contribution in [-0.4, -0.2) is 22.7 Å². The summed E-state index contributed by atoms with van der Waals surface area (Å²) in [5.74, 6) is 2.52. The van der Waals surface area contributed by atoms with Crippen LogP contribution in [0.3, 0.4) is 0 Å². The molecule has 0 radical (unpaired) electrons. The number of aromatic hydroxyl groups is 1. The van der Waals surface area contributed by atoms with Gasteiger partial charge in [0.1, 0.15) is 5.75 Å². The molecule has 1 aromatic carbocycles. The normalized spacial score (nSPS) is 31.5. The van der Waals surface area contributed by atoms with Gasteiger partial charge < -0.3 is 15.4 Å². The fraction of sp³-hybridized carbons (Fsp3) is 0.579. The number of phenolic OH excluding ortho intramolecular Hbond substituents is 1. The third kappa shape index (κ3) is 2.14. The Kier molecular flexibility index (Phi) is 3.41. The molecule has 2 aromatic rings. The molecule has 1 aliphatic carbocycles. The van der Waals surface area contributed by atoms with E-state index in [0.29, 0.717) is 17.7 Å². The lowest BCUT2D eigenvalue weighted by Gasteiger charge is -2.40. The van der Waals surface area contributed by atoms with Crippen molar-refractivity contribution < 1.29 is 5.11 Å². The van der Waals surface area contributed by atoms with Crippen LogP contribution in [0, 0.1) is 11.8 Å². The first-order valence-electron chi connectivity index (χ1n) is 8.74. The lowest BCUT2D eigenvalue weighted by Crippen LogP contribution is -2.44. The van der Waals surface area contributed by atoms with Crippen LogP contribution in [0.25, 0.3) is 10.9 Å². The standard InChI is InChI=1S/C19H26N2O/c1-3-12-8-11(2)9-16-18(12)20-7-6-14-15-10-13(22)4-5-17(15)21-19(14)16/h4-5,10-12,16,18,20-22H,3,6-9H2,1-2H3/t11-,12?,16?,18?/m0/s1. The van der Waals surface area contributed by atoms with Gasteiger partial charge in [-0.15, -0.1) is 0 Å². The number of rotatable bonds is 1. The number of aromatic amines is 1. The van der Waals surface area contributed by atoms with Crippen molar-refractivity contribution >= 4 is 10.9 Å². The monoisotopic (exact) mass is 298 g/mol. The van der Waals surface area contributed by atoms with Crippen molar-refractivity contribution in [2.45, 2.75) is 51.5 Å². The molecule has 1 saturated carbocycles. The first-order valence-corrected chi connectivity index (χ1v) is 8.74. The van der Waals surface area contributed by atoms with Crippen LogP contribution in [0.4, 0.5) is 0 Å². The van der Waals surface area contributed by atoms with Gasteiger partial charge in [0.2, 0.25) is 0 Å². The van der Waals surface area contributed by atoms with E-state index in [0.717, 1.165) is 24.8 Å². The number of H-pyrrole nitrogens is 1. The van der Waals surface area contributed by atoms with Crippen LogP contribution < -0.4 is 5.32 Å². The Morgan fingerprint density at radius 1 is 1.27 bits per heavy atom. The fourth-order valence-corrected chi connectivity index (χ4v) is 4.90. The second-order valence-corrected chi connectivity index (χ2v) is 7.33. The summed E-state index contributed by atoms with van der Waals surface area (Å²) in [4.78, 5) is 3.70. The van der Waals surface area contributed by atoms with E-state index in [1.165, 1.54) is 41.4 Å². The number of fused-ring (bicyclic) bond motifs is 5. The summed E-state index contributed by atoms with van der Waals surface area (Å²) in [5, 5.41) is 14.9. The third-order valence-electron chi connectivity index (χ3n) is 5.88. The van der Waals surface area contributed by atoms with E-state index in [4.69, 9.17) is 0 Å². The van der Waals surface area contributed by atoms with E-state index in [9.17, 15) is 5.11 Å². The minimum atomic E-state index is 0.367. The summed E-state index contributed by atoms with van der Waals surface area (Å²) >= 11 is 0. The number of aromatic nitrogens is 1. The SMILES string of the molecule is CCC1C[C@H](C)CC2c3[nH]c4ccc(O)cc4c3CCNC12. The molecule has 1 aromatic heterocycles. The van der Waals surface area contributed by atoms with E-state index in [-0.39, 0.29) is 0 Å². The maximum atomic E-state index is 9.85. The molecular weight excluding hydrogens is 272 g/mol. The number of nitrogens with one attached hydrogen (secondary N) is 2. The van der Waals surface area contributed by atoms with Gasteiger partial charge in [-0.1, -0.05) is 20.3 Å². The molecule has 2 heterocycles. The van der Waals surface area contributed by atoms with E-state index < -0.39 is 0 Å². The summed E-state index contributed by atoms with van der Waals surface area (Å²) in [7, 11) is 0. The fourth-order valence-electron chi connectivity index (χ4n) is 4.90. The summed E-state index contributed by atoms with van der Waals surface area (Å²) < 4.78 is 0. The minimum absolute atomic E-state index is 0.367. The van der Waals surface area contributed by atoms with Gasteiger partial charge in [-0.05, 0) is 61.4 Å². The zero-order chi connectivity index (χ0) is 15.3. The Labute approximate surface area is 132 Å². The molecule has 0 bridgehead atoms. The molecular formula is C19H26N2O. The number of phenols is 1. The third-order valence-corrected chi connectivity index (χ3v) is 5.88. The van der Waals surface area contributed by atoms with Gasteiger partial charge in [-0.25, -0.2) is 0 Å². The highest BCUT2D eigenvalue weighted by Crippen LogP contribution is 2.44. The van der Waals surface area contributed by atoms with Crippen molar-refractivity contribution in [2.75, 3.05) is 6.54 Å². The van der Waals surface area contributed by atoms with Crippen molar-refractivity contribution in [3.05, 3.63) is 29.5 Å². The quantitative estimate of drug-likeness (QED) is 0.747. The molecule has 3 unspecified atom stereocenters. The van der Waals surface area contributed by atoms with Gasteiger partial charge in [0.15, 0.2) is 0 Å². The van der Waals surface area contributed by atoms with E-state index >= 15 is 0 Å². The molecule has 22 heavy (non-hydrogen) atoms. The average molecular weight is 298 g/mol. The van der Waals surface area contributed by atoms with E-state index in [2.05, 4.69) is 24.1 Å². The average Bonchev–Trinajstić information content (AvgIpc) is 2.75. The Balaban J connectivity index is 1.84. The lowest BCUT2D eigenvalue weighted by atomic mass is 9.70. The van der Waals surface area contributed by atoms with Crippen LogP contribution in [0.5, 0.6) is 5.75 Å². The molecule has 3 heteroatoms. The highest BCUT2D eigenvalue weighted by molar-refractivity contribution is 5.86. The molecule has 4 rings (SSSR count). The smallest absolute Gasteiger partial charge is 0.116 e. The largest absolute Gasteiger partial charge is 0.508 e. The van der Waals surface area contributed by atoms with E-state index in [1.807, 2.05) is 12.1 Å². The van der Waals surface area contributed by atoms with Crippen LogP contribution in [0.15, 0.2) is 18.2 Å². The predicted octanol–water partition coefficient (Wildman–Crippen LogP) is 3.93. The van der Waals surface area contributed by atoms with Gasteiger partial charge in [0, 0.05) is 28.6 Å². The highest BCUT2D eigenvalue weighted by Gasteiger charge is 2.39. The molecule has 118 valence electrons. The first-order chi connectivity index (χ1) is 10.7. The molecule has 0 amide bonds. The molecule has 1 fully saturated rings. The summed E-state index contributed by atoms with van der Waals surface area (Å²) in [6.07, 6.45) is 4.92. The molecule has 1 aliphatic heterocycles. The predicted molar refractivity (Wildman–Crippen MR) is 90.4 cm³/mol. The van der Waals surface area contributed by atoms with Gasteiger partial charge in [0.25, 0.3) is 0 Å². The van der Waals surface area contributed by atoms with Gasteiger partial charge in [-0.2, -0.15) is 0 Å².